The molecule has 0 fully saturated rings. The van der Waals surface area contributed by atoms with Crippen molar-refractivity contribution in [2.75, 3.05) is 13.7 Å². The van der Waals surface area contributed by atoms with Crippen LogP contribution in [0.2, 0.25) is 5.02 Å². The number of carboxylic acid groups (broad SMARTS) is 1. The van der Waals surface area contributed by atoms with Crippen LogP contribution in [0.3, 0.4) is 0 Å². The van der Waals surface area contributed by atoms with Gasteiger partial charge in [0, 0.05) is 17.6 Å². The molecule has 180 valence electrons. The van der Waals surface area contributed by atoms with Crippen LogP contribution >= 0.6 is 24.0 Å². The second kappa shape index (κ2) is 11.6. The Bertz CT molecular complexity index is 1150. The van der Waals surface area contributed by atoms with Gasteiger partial charge < -0.3 is 25.0 Å². The van der Waals surface area contributed by atoms with E-state index in [0.29, 0.717) is 28.8 Å². The van der Waals surface area contributed by atoms with E-state index in [4.69, 9.17) is 21.1 Å². The molecule has 0 spiro atoms. The van der Waals surface area contributed by atoms with Gasteiger partial charge in [-0.2, -0.15) is 0 Å². The molecule has 0 unspecified atom stereocenters. The molecule has 0 saturated carbocycles. The van der Waals surface area contributed by atoms with Crippen molar-refractivity contribution >= 4 is 30.0 Å². The summed E-state index contributed by atoms with van der Waals surface area (Å²) in [6.07, 6.45) is 2.08. The van der Waals surface area contributed by atoms with Gasteiger partial charge in [0.05, 0.1) is 18.8 Å². The van der Waals surface area contributed by atoms with Crippen LogP contribution in [-0.4, -0.2) is 35.9 Å². The number of methoxy groups -OCH3 is 1. The van der Waals surface area contributed by atoms with Crippen LogP contribution in [0.25, 0.3) is 0 Å². The van der Waals surface area contributed by atoms with Crippen LogP contribution in [0.4, 0.5) is 0 Å². The maximum Gasteiger partial charge on any atom is 0.335 e. The van der Waals surface area contributed by atoms with Gasteiger partial charge in [-0.15, -0.1) is 12.4 Å². The number of benzene rings is 3. The second-order valence-corrected chi connectivity index (χ2v) is 8.56. The van der Waals surface area contributed by atoms with Crippen molar-refractivity contribution in [3.05, 3.63) is 87.9 Å². The highest BCUT2D eigenvalue weighted by Crippen LogP contribution is 2.34. The standard InChI is InChI=1S/C26H26ClNO5.ClH/c1-32-24-10-7-18(26(30)31)14-25(24)33-22-9-6-16-5-8-21(12-19(16)13-22)28-15-23(29)17-3-2-4-20(27)11-17;/h2-4,6-7,9-11,13-14,21,23,28-29H,5,8,12,15H2,1H3,(H,30,31);1H/t21-,23+;/m0./s1. The Morgan fingerprint density at radius 2 is 1.94 bits per heavy atom. The van der Waals surface area contributed by atoms with Crippen LogP contribution in [-0.2, 0) is 12.8 Å². The Hall–Kier alpha value is -2.77. The number of hydrogen-bond donors (Lipinski definition) is 3. The van der Waals surface area contributed by atoms with Crippen molar-refractivity contribution in [1.82, 2.24) is 5.32 Å². The summed E-state index contributed by atoms with van der Waals surface area (Å²) in [7, 11) is 1.52. The van der Waals surface area contributed by atoms with Gasteiger partial charge in [-0.3, -0.25) is 0 Å². The maximum atomic E-state index is 11.3. The normalized spacial score (nSPS) is 15.6. The van der Waals surface area contributed by atoms with Gasteiger partial charge in [-0.25, -0.2) is 4.79 Å². The van der Waals surface area contributed by atoms with E-state index in [0.717, 1.165) is 24.8 Å². The summed E-state index contributed by atoms with van der Waals surface area (Å²) in [5, 5.41) is 23.8. The highest BCUT2D eigenvalue weighted by molar-refractivity contribution is 6.30. The number of aliphatic hydroxyl groups excluding tert-OH is 1. The molecule has 8 heteroatoms. The summed E-state index contributed by atoms with van der Waals surface area (Å²) >= 11 is 6.03. The summed E-state index contributed by atoms with van der Waals surface area (Å²) in [6, 6.07) is 18.0. The number of aryl methyl sites for hydroxylation is 1. The monoisotopic (exact) mass is 503 g/mol. The van der Waals surface area contributed by atoms with Crippen molar-refractivity contribution < 1.29 is 24.5 Å². The fourth-order valence-electron chi connectivity index (χ4n) is 4.10. The van der Waals surface area contributed by atoms with E-state index in [1.54, 1.807) is 18.2 Å². The molecule has 1 aliphatic carbocycles. The third-order valence-electron chi connectivity index (χ3n) is 5.88. The van der Waals surface area contributed by atoms with E-state index in [-0.39, 0.29) is 24.0 Å². The molecule has 34 heavy (non-hydrogen) atoms. The number of aliphatic hydroxyl groups is 1. The number of carboxylic acids is 1. The lowest BCUT2D eigenvalue weighted by molar-refractivity contribution is 0.0696. The first-order chi connectivity index (χ1) is 15.9. The molecule has 3 N–H and O–H groups in total. The molecule has 3 aromatic rings. The molecular formula is C26H27Cl2NO5. The van der Waals surface area contributed by atoms with E-state index < -0.39 is 12.1 Å². The fourth-order valence-corrected chi connectivity index (χ4v) is 4.30. The first kappa shape index (κ1) is 25.8. The number of fused-ring (bicyclic) bond motifs is 1. The predicted octanol–water partition coefficient (Wildman–Crippen LogP) is 5.44. The predicted molar refractivity (Wildman–Crippen MR) is 134 cm³/mol. The lowest BCUT2D eigenvalue weighted by Crippen LogP contribution is -2.37. The van der Waals surface area contributed by atoms with E-state index >= 15 is 0 Å². The molecule has 0 aliphatic heterocycles. The van der Waals surface area contributed by atoms with Crippen LogP contribution in [0.1, 0.15) is 39.6 Å². The Labute approximate surface area is 209 Å². The third kappa shape index (κ3) is 6.21. The number of nitrogens with one attached hydrogen (secondary N) is 1. The first-order valence-corrected chi connectivity index (χ1v) is 11.2. The maximum absolute atomic E-state index is 11.3. The minimum Gasteiger partial charge on any atom is -0.493 e. The van der Waals surface area contributed by atoms with E-state index in [1.165, 1.54) is 30.4 Å². The van der Waals surface area contributed by atoms with Gasteiger partial charge in [0.25, 0.3) is 0 Å². The molecule has 4 rings (SSSR count). The zero-order chi connectivity index (χ0) is 23.4. The number of aromatic carboxylic acids is 1. The smallest absolute Gasteiger partial charge is 0.335 e. The number of ether oxygens (including phenoxy) is 2. The molecule has 0 saturated heterocycles. The van der Waals surface area contributed by atoms with Crippen molar-refractivity contribution in [3.63, 3.8) is 0 Å². The SMILES string of the molecule is COc1ccc(C(=O)O)cc1Oc1ccc2c(c1)C[C@@H](NC[C@@H](O)c1cccc(Cl)c1)CC2.Cl. The number of halogens is 2. The number of hydrogen-bond acceptors (Lipinski definition) is 5. The van der Waals surface area contributed by atoms with Crippen molar-refractivity contribution in [1.29, 1.82) is 0 Å². The molecule has 3 aromatic carbocycles. The summed E-state index contributed by atoms with van der Waals surface area (Å²) in [6.45, 7) is 0.440. The van der Waals surface area contributed by atoms with E-state index in [2.05, 4.69) is 11.4 Å². The average Bonchev–Trinajstić information content (AvgIpc) is 2.82. The van der Waals surface area contributed by atoms with Crippen LogP contribution in [0, 0.1) is 0 Å². The van der Waals surface area contributed by atoms with E-state index in [1.807, 2.05) is 24.3 Å². The third-order valence-corrected chi connectivity index (χ3v) is 6.11. The number of rotatable bonds is 8. The van der Waals surface area contributed by atoms with Gasteiger partial charge in [0.15, 0.2) is 11.5 Å². The van der Waals surface area contributed by atoms with Crippen molar-refractivity contribution in [2.24, 2.45) is 0 Å². The highest BCUT2D eigenvalue weighted by Gasteiger charge is 2.21. The lowest BCUT2D eigenvalue weighted by atomic mass is 9.88. The molecule has 0 radical (unpaired) electrons. The Morgan fingerprint density at radius 3 is 2.68 bits per heavy atom. The van der Waals surface area contributed by atoms with Gasteiger partial charge in [0.2, 0.25) is 0 Å². The van der Waals surface area contributed by atoms with E-state index in [9.17, 15) is 15.0 Å². The minimum atomic E-state index is -1.03. The average molecular weight is 504 g/mol. The molecule has 1 aliphatic rings. The Balaban J connectivity index is 0.00000324. The van der Waals surface area contributed by atoms with Crippen LogP contribution in [0.5, 0.6) is 17.2 Å². The van der Waals surface area contributed by atoms with Gasteiger partial charge >= 0.3 is 5.97 Å². The van der Waals surface area contributed by atoms with Crippen molar-refractivity contribution in [2.45, 2.75) is 31.4 Å². The lowest BCUT2D eigenvalue weighted by Gasteiger charge is -2.27. The summed E-state index contributed by atoms with van der Waals surface area (Å²) < 4.78 is 11.3. The summed E-state index contributed by atoms with van der Waals surface area (Å²) in [4.78, 5) is 11.3. The van der Waals surface area contributed by atoms with Crippen molar-refractivity contribution in [3.8, 4) is 17.2 Å². The first-order valence-electron chi connectivity index (χ1n) is 10.8. The molecule has 0 aromatic heterocycles. The van der Waals surface area contributed by atoms with Gasteiger partial charge in [-0.1, -0.05) is 29.8 Å². The summed E-state index contributed by atoms with van der Waals surface area (Å²) in [5.74, 6) is 0.413. The van der Waals surface area contributed by atoms with Crippen LogP contribution in [0.15, 0.2) is 60.7 Å². The highest BCUT2D eigenvalue weighted by atomic mass is 35.5. The minimum absolute atomic E-state index is 0. The molecule has 0 amide bonds. The summed E-state index contributed by atoms with van der Waals surface area (Å²) in [5.41, 5.74) is 3.36. The van der Waals surface area contributed by atoms with Gasteiger partial charge in [-0.05, 0) is 78.4 Å². The number of carbonyl (C=O) groups is 1. The topological polar surface area (TPSA) is 88.0 Å². The quantitative estimate of drug-likeness (QED) is 0.379. The zero-order valence-electron chi connectivity index (χ0n) is 18.7. The van der Waals surface area contributed by atoms with Crippen LogP contribution < -0.4 is 14.8 Å². The fraction of sp³-hybridized carbons (Fsp3) is 0.269. The molecule has 2 atom stereocenters. The second-order valence-electron chi connectivity index (χ2n) is 8.12. The Morgan fingerprint density at radius 1 is 1.12 bits per heavy atom. The molecule has 6 nitrogen and oxygen atoms in total. The molecule has 0 bridgehead atoms. The largest absolute Gasteiger partial charge is 0.493 e. The molecule has 0 heterocycles. The van der Waals surface area contributed by atoms with Gasteiger partial charge in [0.1, 0.15) is 5.75 Å². The Kier molecular flexibility index (Phi) is 8.80. The zero-order valence-corrected chi connectivity index (χ0v) is 20.2. The molecular weight excluding hydrogens is 477 g/mol.